The van der Waals surface area contributed by atoms with E-state index in [4.69, 9.17) is 0 Å². The van der Waals surface area contributed by atoms with E-state index in [9.17, 15) is 14.9 Å². The minimum Gasteiger partial charge on any atom is -0.382 e. The number of rotatable bonds is 4. The number of aromatic nitrogens is 1. The molecule has 3 rings (SSSR count). The molecule has 0 aliphatic heterocycles. The summed E-state index contributed by atoms with van der Waals surface area (Å²) in [5.74, 6) is 0.628. The van der Waals surface area contributed by atoms with Crippen LogP contribution in [0.3, 0.4) is 0 Å². The Labute approximate surface area is 121 Å². The molecule has 0 amide bonds. The lowest BCUT2D eigenvalue weighted by Crippen LogP contribution is -2.22. The van der Waals surface area contributed by atoms with Gasteiger partial charge in [0.15, 0.2) is 0 Å². The average molecular weight is 287 g/mol. The molecule has 0 bridgehead atoms. The van der Waals surface area contributed by atoms with Crippen molar-refractivity contribution in [3.05, 3.63) is 44.7 Å². The van der Waals surface area contributed by atoms with Gasteiger partial charge in [0.1, 0.15) is 0 Å². The van der Waals surface area contributed by atoms with Gasteiger partial charge in [-0.15, -0.1) is 0 Å². The first-order valence-corrected chi connectivity index (χ1v) is 7.02. The molecule has 1 N–H and O–H groups in total. The fraction of sp³-hybridized carbons (Fsp3) is 0.400. The van der Waals surface area contributed by atoms with E-state index in [0.717, 1.165) is 0 Å². The second-order valence-corrected chi connectivity index (χ2v) is 5.68. The molecule has 6 heteroatoms. The maximum atomic E-state index is 12.0. The molecule has 6 nitrogen and oxygen atoms in total. The van der Waals surface area contributed by atoms with Crippen LogP contribution in [0.4, 0.5) is 11.4 Å². The number of anilines is 1. The topological polar surface area (TPSA) is 77.2 Å². The molecular weight excluding hydrogens is 270 g/mol. The Balaban J connectivity index is 2.15. The molecule has 1 atom stereocenters. The van der Waals surface area contributed by atoms with Crippen LogP contribution in [0.5, 0.6) is 0 Å². The molecule has 1 saturated carbocycles. The van der Waals surface area contributed by atoms with Gasteiger partial charge in [0.2, 0.25) is 0 Å². The van der Waals surface area contributed by atoms with Crippen LogP contribution in [-0.2, 0) is 7.05 Å². The average Bonchev–Trinajstić information content (AvgIpc) is 3.28. The zero-order valence-corrected chi connectivity index (χ0v) is 12.0. The van der Waals surface area contributed by atoms with Gasteiger partial charge in [-0.25, -0.2) is 0 Å². The molecule has 1 aromatic carbocycles. The molecule has 2 aromatic rings. The van der Waals surface area contributed by atoms with E-state index in [2.05, 4.69) is 12.2 Å². The molecule has 0 radical (unpaired) electrons. The van der Waals surface area contributed by atoms with Crippen LogP contribution in [0.2, 0.25) is 0 Å². The maximum Gasteiger partial charge on any atom is 0.270 e. The molecule has 0 saturated heterocycles. The van der Waals surface area contributed by atoms with Crippen LogP contribution in [0.15, 0.2) is 29.1 Å². The molecule has 21 heavy (non-hydrogen) atoms. The van der Waals surface area contributed by atoms with Gasteiger partial charge in [0, 0.05) is 42.4 Å². The summed E-state index contributed by atoms with van der Waals surface area (Å²) in [6.45, 7) is 2.08. The second kappa shape index (κ2) is 4.87. The Bertz CT molecular complexity index is 778. The molecule has 1 aromatic heterocycles. The zero-order valence-electron chi connectivity index (χ0n) is 12.0. The lowest BCUT2D eigenvalue weighted by atomic mass is 10.1. The molecule has 1 aliphatic carbocycles. The molecule has 1 fully saturated rings. The first kappa shape index (κ1) is 13.6. The number of hydrogen-bond donors (Lipinski definition) is 1. The largest absolute Gasteiger partial charge is 0.382 e. The summed E-state index contributed by atoms with van der Waals surface area (Å²) in [6, 6.07) is 6.36. The first-order valence-electron chi connectivity index (χ1n) is 7.02. The van der Waals surface area contributed by atoms with Gasteiger partial charge >= 0.3 is 0 Å². The van der Waals surface area contributed by atoms with Gasteiger partial charge in [-0.05, 0) is 31.7 Å². The Morgan fingerprint density at radius 2 is 2.10 bits per heavy atom. The number of nitro benzene ring substituents is 1. The van der Waals surface area contributed by atoms with E-state index in [1.165, 1.54) is 35.6 Å². The lowest BCUT2D eigenvalue weighted by molar-refractivity contribution is -0.384. The third-order valence-corrected chi connectivity index (χ3v) is 4.15. The summed E-state index contributed by atoms with van der Waals surface area (Å²) >= 11 is 0. The normalized spacial score (nSPS) is 15.9. The summed E-state index contributed by atoms with van der Waals surface area (Å²) in [5, 5.41) is 15.0. The predicted molar refractivity (Wildman–Crippen MR) is 81.7 cm³/mol. The smallest absolute Gasteiger partial charge is 0.270 e. The van der Waals surface area contributed by atoms with E-state index in [1.54, 1.807) is 13.1 Å². The van der Waals surface area contributed by atoms with Gasteiger partial charge in [-0.2, -0.15) is 0 Å². The molecular formula is C15H17N3O3. The molecule has 0 unspecified atom stereocenters. The number of fused-ring (bicyclic) bond motifs is 1. The quantitative estimate of drug-likeness (QED) is 0.692. The highest BCUT2D eigenvalue weighted by atomic mass is 16.6. The third-order valence-electron chi connectivity index (χ3n) is 4.15. The van der Waals surface area contributed by atoms with Crippen molar-refractivity contribution >= 4 is 22.3 Å². The van der Waals surface area contributed by atoms with Crippen molar-refractivity contribution in [3.8, 4) is 0 Å². The number of nitrogens with zero attached hydrogens (tertiary/aromatic N) is 2. The van der Waals surface area contributed by atoms with E-state index in [-0.39, 0.29) is 17.3 Å². The summed E-state index contributed by atoms with van der Waals surface area (Å²) < 4.78 is 1.51. The van der Waals surface area contributed by atoms with Crippen molar-refractivity contribution in [2.45, 2.75) is 25.8 Å². The molecule has 110 valence electrons. The number of nitrogens with one attached hydrogen (secondary N) is 1. The standard InChI is InChI=1S/C15H17N3O3/c1-9(10-3-4-10)16-13-8-15(19)17(2)14-6-5-11(18(20)21)7-12(13)14/h5-10,16H,3-4H2,1-2H3/t9-/m0/s1. The Morgan fingerprint density at radius 3 is 2.71 bits per heavy atom. The SMILES string of the molecule is C[C@H](Nc1cc(=O)n(C)c2ccc([N+](=O)[O-])cc12)C1CC1. The van der Waals surface area contributed by atoms with E-state index >= 15 is 0 Å². The summed E-state index contributed by atoms with van der Waals surface area (Å²) in [5.41, 5.74) is 1.28. The highest BCUT2D eigenvalue weighted by molar-refractivity contribution is 5.93. The third kappa shape index (κ3) is 2.49. The fourth-order valence-corrected chi connectivity index (χ4v) is 2.64. The number of pyridine rings is 1. The monoisotopic (exact) mass is 287 g/mol. The maximum absolute atomic E-state index is 12.0. The van der Waals surface area contributed by atoms with E-state index < -0.39 is 4.92 Å². The minimum atomic E-state index is -0.418. The number of hydrogen-bond acceptors (Lipinski definition) is 4. The highest BCUT2D eigenvalue weighted by Gasteiger charge is 2.28. The summed E-state index contributed by atoms with van der Waals surface area (Å²) in [6.07, 6.45) is 2.38. The van der Waals surface area contributed by atoms with Crippen LogP contribution in [-0.4, -0.2) is 15.5 Å². The van der Waals surface area contributed by atoms with Crippen molar-refractivity contribution in [2.24, 2.45) is 13.0 Å². The van der Waals surface area contributed by atoms with Gasteiger partial charge in [-0.3, -0.25) is 14.9 Å². The van der Waals surface area contributed by atoms with Crippen LogP contribution in [0, 0.1) is 16.0 Å². The Morgan fingerprint density at radius 1 is 1.38 bits per heavy atom. The fourth-order valence-electron chi connectivity index (χ4n) is 2.64. The van der Waals surface area contributed by atoms with Crippen molar-refractivity contribution in [2.75, 3.05) is 5.32 Å². The Kier molecular flexibility index (Phi) is 3.16. The van der Waals surface area contributed by atoms with Crippen molar-refractivity contribution < 1.29 is 4.92 Å². The first-order chi connectivity index (χ1) is 9.97. The minimum absolute atomic E-state index is 0.0308. The highest BCUT2D eigenvalue weighted by Crippen LogP contribution is 2.35. The lowest BCUT2D eigenvalue weighted by Gasteiger charge is -2.17. The zero-order chi connectivity index (χ0) is 15.1. The van der Waals surface area contributed by atoms with Crippen LogP contribution in [0.1, 0.15) is 19.8 Å². The van der Waals surface area contributed by atoms with Crippen LogP contribution in [0.25, 0.3) is 10.9 Å². The van der Waals surface area contributed by atoms with Gasteiger partial charge in [0.25, 0.3) is 11.2 Å². The number of nitro groups is 1. The van der Waals surface area contributed by atoms with Crippen LogP contribution < -0.4 is 10.9 Å². The van der Waals surface area contributed by atoms with Gasteiger partial charge < -0.3 is 9.88 Å². The number of benzene rings is 1. The predicted octanol–water partition coefficient (Wildman–Crippen LogP) is 2.66. The van der Waals surface area contributed by atoms with Crippen LogP contribution >= 0.6 is 0 Å². The van der Waals surface area contributed by atoms with Gasteiger partial charge in [-0.1, -0.05) is 0 Å². The van der Waals surface area contributed by atoms with Crippen molar-refractivity contribution in [3.63, 3.8) is 0 Å². The summed E-state index contributed by atoms with van der Waals surface area (Å²) in [7, 11) is 1.67. The Hall–Kier alpha value is -2.37. The van der Waals surface area contributed by atoms with Gasteiger partial charge in [0.05, 0.1) is 10.4 Å². The van der Waals surface area contributed by atoms with Crippen molar-refractivity contribution in [1.29, 1.82) is 0 Å². The number of aryl methyl sites for hydroxylation is 1. The molecule has 1 aliphatic rings. The van der Waals surface area contributed by atoms with E-state index in [0.29, 0.717) is 22.5 Å². The van der Waals surface area contributed by atoms with E-state index in [1.807, 2.05) is 0 Å². The molecule has 0 spiro atoms. The molecule has 1 heterocycles. The van der Waals surface area contributed by atoms with Crippen molar-refractivity contribution in [1.82, 2.24) is 4.57 Å². The second-order valence-electron chi connectivity index (χ2n) is 5.68. The number of non-ortho nitro benzene ring substituents is 1. The summed E-state index contributed by atoms with van der Waals surface area (Å²) in [4.78, 5) is 22.6.